The Labute approximate surface area is 131 Å². The number of hydrogen-bond acceptors (Lipinski definition) is 6. The summed E-state index contributed by atoms with van der Waals surface area (Å²) in [5.74, 6) is 0.191. The number of ether oxygens (including phenoxy) is 1. The number of fused-ring (bicyclic) bond motifs is 1. The summed E-state index contributed by atoms with van der Waals surface area (Å²) in [5, 5.41) is 22.5. The monoisotopic (exact) mass is 317 g/mol. The van der Waals surface area contributed by atoms with Crippen LogP contribution >= 0.6 is 11.8 Å². The molecular weight excluding hydrogens is 304 g/mol. The lowest BCUT2D eigenvalue weighted by Gasteiger charge is -2.31. The Morgan fingerprint density at radius 2 is 2.05 bits per heavy atom. The van der Waals surface area contributed by atoms with Gasteiger partial charge in [-0.15, -0.1) is 11.8 Å². The molecule has 1 aliphatic rings. The van der Waals surface area contributed by atoms with E-state index in [4.69, 9.17) is 4.74 Å². The van der Waals surface area contributed by atoms with Gasteiger partial charge >= 0.3 is 0 Å². The van der Waals surface area contributed by atoms with E-state index >= 15 is 0 Å². The highest BCUT2D eigenvalue weighted by Crippen LogP contribution is 2.48. The predicted molar refractivity (Wildman–Crippen MR) is 84.3 cm³/mol. The molecule has 0 saturated carbocycles. The minimum atomic E-state index is -0.424. The van der Waals surface area contributed by atoms with E-state index in [1.165, 1.54) is 24.9 Å². The Balaban J connectivity index is 2.05. The third kappa shape index (κ3) is 2.61. The zero-order valence-corrected chi connectivity index (χ0v) is 12.5. The second kappa shape index (κ2) is 5.88. The molecule has 1 heterocycles. The topological polar surface area (TPSA) is 84.9 Å². The van der Waals surface area contributed by atoms with E-state index in [2.05, 4.69) is 5.32 Å². The first-order valence-electron chi connectivity index (χ1n) is 6.51. The normalized spacial score (nSPS) is 16.7. The molecule has 1 amide bonds. The molecule has 1 atom stereocenters. The molecule has 2 aromatic carbocycles. The molecule has 0 saturated heterocycles. The van der Waals surface area contributed by atoms with E-state index in [1.807, 2.05) is 30.3 Å². The lowest BCUT2D eigenvalue weighted by atomic mass is 10.1. The molecule has 114 valence electrons. The second-order valence-corrected chi connectivity index (χ2v) is 5.84. The maximum absolute atomic E-state index is 12.3. The van der Waals surface area contributed by atoms with Gasteiger partial charge in [0.25, 0.3) is 0 Å². The van der Waals surface area contributed by atoms with Gasteiger partial charge in [0, 0.05) is 11.0 Å². The van der Waals surface area contributed by atoms with Gasteiger partial charge < -0.3 is 20.5 Å². The molecule has 0 spiro atoms. The standard InChI is InChI=1S/C15H13N2O4S/c1-21-10-7-11(17(19)20)13-12(8-10)22-14(15(18)16-13)9-5-3-2-4-6-9/h2-8,14,19H,1H3,(H,16,18)/q-1. The lowest BCUT2D eigenvalue weighted by molar-refractivity contribution is -0.115. The van der Waals surface area contributed by atoms with Gasteiger partial charge in [0.15, 0.2) is 0 Å². The van der Waals surface area contributed by atoms with E-state index in [0.29, 0.717) is 16.3 Å². The van der Waals surface area contributed by atoms with Crippen LogP contribution in [-0.2, 0) is 4.79 Å². The van der Waals surface area contributed by atoms with Crippen LogP contribution in [0.15, 0.2) is 47.4 Å². The maximum Gasteiger partial charge on any atom is 0.242 e. The van der Waals surface area contributed by atoms with E-state index < -0.39 is 5.25 Å². The minimum absolute atomic E-state index is 0.0540. The van der Waals surface area contributed by atoms with Crippen LogP contribution in [-0.4, -0.2) is 18.2 Å². The molecule has 0 aliphatic carbocycles. The lowest BCUT2D eigenvalue weighted by Crippen LogP contribution is -2.25. The van der Waals surface area contributed by atoms with Crippen LogP contribution in [0.3, 0.4) is 0 Å². The van der Waals surface area contributed by atoms with Crippen LogP contribution in [0.4, 0.5) is 11.4 Å². The molecule has 22 heavy (non-hydrogen) atoms. The summed E-state index contributed by atoms with van der Waals surface area (Å²) in [6, 6.07) is 12.4. The fourth-order valence-electron chi connectivity index (χ4n) is 2.28. The predicted octanol–water partition coefficient (Wildman–Crippen LogP) is 3.17. The zero-order chi connectivity index (χ0) is 15.7. The number of amides is 1. The second-order valence-electron chi connectivity index (χ2n) is 4.69. The van der Waals surface area contributed by atoms with Gasteiger partial charge in [-0.05, 0) is 11.6 Å². The zero-order valence-electron chi connectivity index (χ0n) is 11.6. The average molecular weight is 317 g/mol. The summed E-state index contributed by atoms with van der Waals surface area (Å²) < 4.78 is 5.14. The third-order valence-corrected chi connectivity index (χ3v) is 4.63. The van der Waals surface area contributed by atoms with Crippen LogP contribution in [0.1, 0.15) is 10.8 Å². The van der Waals surface area contributed by atoms with Gasteiger partial charge in [-0.1, -0.05) is 30.3 Å². The fourth-order valence-corrected chi connectivity index (χ4v) is 3.45. The van der Waals surface area contributed by atoms with Crippen LogP contribution in [0.25, 0.3) is 0 Å². The Kier molecular flexibility index (Phi) is 3.93. The SMILES string of the molecule is COc1cc2c(c(N([O-])O)c1)NC(=O)C(c1ccccc1)S2. The van der Waals surface area contributed by atoms with Gasteiger partial charge in [-0.2, -0.15) is 0 Å². The van der Waals surface area contributed by atoms with Crippen molar-refractivity contribution < 1.29 is 14.7 Å². The van der Waals surface area contributed by atoms with Crippen molar-refractivity contribution in [2.24, 2.45) is 0 Å². The van der Waals surface area contributed by atoms with Gasteiger partial charge in [-0.3, -0.25) is 10.0 Å². The molecule has 7 heteroatoms. The summed E-state index contributed by atoms with van der Waals surface area (Å²) in [6.45, 7) is 0. The number of nitrogens with one attached hydrogen (secondary N) is 1. The summed E-state index contributed by atoms with van der Waals surface area (Å²) in [5.41, 5.74) is 1.10. The van der Waals surface area contributed by atoms with Gasteiger partial charge in [0.2, 0.25) is 5.91 Å². The molecular formula is C15H13N2O4S-. The highest BCUT2D eigenvalue weighted by molar-refractivity contribution is 8.00. The van der Waals surface area contributed by atoms with Crippen molar-refractivity contribution >= 4 is 29.0 Å². The first-order chi connectivity index (χ1) is 10.6. The molecule has 0 fully saturated rings. The van der Waals surface area contributed by atoms with Crippen molar-refractivity contribution in [3.63, 3.8) is 0 Å². The van der Waals surface area contributed by atoms with Crippen LogP contribution in [0.2, 0.25) is 0 Å². The highest BCUT2D eigenvalue weighted by atomic mass is 32.2. The quantitative estimate of drug-likeness (QED) is 0.846. The first kappa shape index (κ1) is 14.7. The molecule has 2 aromatic rings. The first-order valence-corrected chi connectivity index (χ1v) is 7.38. The molecule has 1 unspecified atom stereocenters. The number of carbonyl (C=O) groups excluding carboxylic acids is 1. The fraction of sp³-hybridized carbons (Fsp3) is 0.133. The minimum Gasteiger partial charge on any atom is -0.733 e. The summed E-state index contributed by atoms with van der Waals surface area (Å²) in [6.07, 6.45) is 0. The molecule has 0 radical (unpaired) electrons. The molecule has 0 bridgehead atoms. The van der Waals surface area contributed by atoms with Crippen molar-refractivity contribution in [3.05, 3.63) is 53.2 Å². The third-order valence-electron chi connectivity index (χ3n) is 3.33. The number of rotatable bonds is 3. The van der Waals surface area contributed by atoms with E-state index in [1.54, 1.807) is 6.07 Å². The van der Waals surface area contributed by atoms with E-state index in [9.17, 15) is 15.2 Å². The molecule has 6 nitrogen and oxygen atoms in total. The largest absolute Gasteiger partial charge is 0.733 e. The maximum atomic E-state index is 12.3. The Morgan fingerprint density at radius 1 is 1.32 bits per heavy atom. The number of anilines is 2. The molecule has 2 N–H and O–H groups in total. The summed E-state index contributed by atoms with van der Waals surface area (Å²) in [7, 11) is 1.47. The van der Waals surface area contributed by atoms with Gasteiger partial charge in [0.1, 0.15) is 11.0 Å². The van der Waals surface area contributed by atoms with Crippen LogP contribution < -0.4 is 15.3 Å². The number of thioether (sulfide) groups is 1. The van der Waals surface area contributed by atoms with Gasteiger partial charge in [-0.25, -0.2) is 0 Å². The highest BCUT2D eigenvalue weighted by Gasteiger charge is 2.30. The Bertz CT molecular complexity index is 706. The number of benzene rings is 2. The number of nitrogens with zero attached hydrogens (tertiary/aromatic N) is 1. The van der Waals surface area contributed by atoms with Crippen molar-refractivity contribution in [2.45, 2.75) is 10.1 Å². The number of hydrogen-bond donors (Lipinski definition) is 2. The molecule has 3 rings (SSSR count). The number of methoxy groups -OCH3 is 1. The van der Waals surface area contributed by atoms with Crippen LogP contribution in [0, 0.1) is 5.21 Å². The average Bonchev–Trinajstić information content (AvgIpc) is 2.54. The van der Waals surface area contributed by atoms with Crippen LogP contribution in [0.5, 0.6) is 5.75 Å². The Hall–Kier alpha value is -2.22. The van der Waals surface area contributed by atoms with E-state index in [-0.39, 0.29) is 16.8 Å². The summed E-state index contributed by atoms with van der Waals surface area (Å²) >= 11 is 1.31. The van der Waals surface area contributed by atoms with Crippen molar-refractivity contribution in [2.75, 3.05) is 17.7 Å². The smallest absolute Gasteiger partial charge is 0.242 e. The van der Waals surface area contributed by atoms with Crippen molar-refractivity contribution in [1.82, 2.24) is 0 Å². The Morgan fingerprint density at radius 3 is 2.68 bits per heavy atom. The summed E-state index contributed by atoms with van der Waals surface area (Å²) in [4.78, 5) is 13.0. The molecule has 1 aliphatic heterocycles. The number of carbonyl (C=O) groups is 1. The van der Waals surface area contributed by atoms with E-state index in [0.717, 1.165) is 5.56 Å². The van der Waals surface area contributed by atoms with Crippen molar-refractivity contribution in [1.29, 1.82) is 0 Å². The van der Waals surface area contributed by atoms with Gasteiger partial charge in [0.05, 0.1) is 18.5 Å². The van der Waals surface area contributed by atoms with Crippen molar-refractivity contribution in [3.8, 4) is 5.75 Å². The molecule has 0 aromatic heterocycles.